The average Bonchev–Trinajstić information content (AvgIpc) is 3.47. The van der Waals surface area contributed by atoms with Crippen molar-refractivity contribution in [2.24, 2.45) is 5.73 Å². The summed E-state index contributed by atoms with van der Waals surface area (Å²) in [5.74, 6) is 0.607. The molecule has 4 heteroatoms. The second-order valence-electron chi connectivity index (χ2n) is 7.12. The predicted molar refractivity (Wildman–Crippen MR) is 106 cm³/mol. The first-order chi connectivity index (χ1) is 12.7. The third-order valence-corrected chi connectivity index (χ3v) is 5.01. The first-order valence-corrected chi connectivity index (χ1v) is 9.59. The van der Waals surface area contributed by atoms with Crippen LogP contribution in [0.5, 0.6) is 0 Å². The maximum absolute atomic E-state index is 12.0. The second kappa shape index (κ2) is 9.51. The molecule has 1 fully saturated rings. The summed E-state index contributed by atoms with van der Waals surface area (Å²) in [6.45, 7) is 1.53. The number of unbranched alkanes of at least 4 members (excludes halogenated alkanes) is 1. The Balaban J connectivity index is 1.24. The number of amides is 1. The lowest BCUT2D eigenvalue weighted by Crippen LogP contribution is -2.40. The van der Waals surface area contributed by atoms with Crippen LogP contribution in [0.4, 0.5) is 0 Å². The molecule has 0 aliphatic heterocycles. The van der Waals surface area contributed by atoms with Crippen LogP contribution in [-0.2, 0) is 11.3 Å². The Morgan fingerprint density at radius 2 is 1.73 bits per heavy atom. The predicted octanol–water partition coefficient (Wildman–Crippen LogP) is 2.95. The highest BCUT2D eigenvalue weighted by Gasteiger charge is 2.37. The van der Waals surface area contributed by atoms with E-state index < -0.39 is 6.04 Å². The van der Waals surface area contributed by atoms with Crippen molar-refractivity contribution in [1.82, 2.24) is 10.6 Å². The van der Waals surface area contributed by atoms with Gasteiger partial charge in [0.1, 0.15) is 0 Å². The summed E-state index contributed by atoms with van der Waals surface area (Å²) >= 11 is 0. The maximum atomic E-state index is 12.0. The number of benzene rings is 2. The van der Waals surface area contributed by atoms with Crippen molar-refractivity contribution in [2.75, 3.05) is 6.54 Å². The first-order valence-electron chi connectivity index (χ1n) is 9.59. The zero-order chi connectivity index (χ0) is 18.2. The molecule has 1 aliphatic rings. The van der Waals surface area contributed by atoms with Crippen molar-refractivity contribution in [3.63, 3.8) is 0 Å². The van der Waals surface area contributed by atoms with Crippen LogP contribution in [-0.4, -0.2) is 24.5 Å². The van der Waals surface area contributed by atoms with Crippen LogP contribution in [0, 0.1) is 0 Å². The lowest BCUT2D eigenvalue weighted by molar-refractivity contribution is -0.122. The van der Waals surface area contributed by atoms with Crippen molar-refractivity contribution in [3.8, 4) is 0 Å². The highest BCUT2D eigenvalue weighted by Crippen LogP contribution is 2.40. The summed E-state index contributed by atoms with van der Waals surface area (Å²) in [6, 6.07) is 20.8. The van der Waals surface area contributed by atoms with Gasteiger partial charge in [-0.25, -0.2) is 0 Å². The SMILES string of the molecule is NC(CCCCNC1CC1c1ccccc1)C(=O)NCc1ccccc1. The minimum absolute atomic E-state index is 0.0619. The lowest BCUT2D eigenvalue weighted by atomic mass is 10.1. The van der Waals surface area contributed by atoms with Gasteiger partial charge in [0, 0.05) is 18.5 Å². The van der Waals surface area contributed by atoms with Crippen molar-refractivity contribution >= 4 is 5.91 Å². The average molecular weight is 351 g/mol. The minimum Gasteiger partial charge on any atom is -0.351 e. The van der Waals surface area contributed by atoms with Gasteiger partial charge < -0.3 is 16.4 Å². The molecule has 138 valence electrons. The molecule has 4 N–H and O–H groups in total. The third-order valence-electron chi connectivity index (χ3n) is 5.01. The molecule has 2 aromatic carbocycles. The van der Waals surface area contributed by atoms with E-state index in [0.29, 0.717) is 18.5 Å². The Morgan fingerprint density at radius 1 is 1.04 bits per heavy atom. The molecule has 1 saturated carbocycles. The standard InChI is InChI=1S/C22H29N3O/c23-20(22(26)25-16-17-9-3-1-4-10-17)13-7-8-14-24-21-15-19(21)18-11-5-2-6-12-18/h1-6,9-12,19-21,24H,7-8,13-16,23H2,(H,25,26). The van der Waals surface area contributed by atoms with Crippen LogP contribution in [0.1, 0.15) is 42.7 Å². The Labute approximate surface area is 156 Å². The van der Waals surface area contributed by atoms with Crippen LogP contribution in [0.15, 0.2) is 60.7 Å². The van der Waals surface area contributed by atoms with Gasteiger partial charge in [-0.2, -0.15) is 0 Å². The van der Waals surface area contributed by atoms with E-state index in [1.54, 1.807) is 0 Å². The smallest absolute Gasteiger partial charge is 0.237 e. The summed E-state index contributed by atoms with van der Waals surface area (Å²) in [5.41, 5.74) is 8.53. The maximum Gasteiger partial charge on any atom is 0.237 e. The fourth-order valence-corrected chi connectivity index (χ4v) is 3.31. The number of hydrogen-bond acceptors (Lipinski definition) is 3. The molecule has 0 spiro atoms. The molecule has 26 heavy (non-hydrogen) atoms. The number of carbonyl (C=O) groups excluding carboxylic acids is 1. The van der Waals surface area contributed by atoms with Gasteiger partial charge in [0.15, 0.2) is 0 Å². The number of nitrogens with two attached hydrogens (primary N) is 1. The molecular weight excluding hydrogens is 322 g/mol. The van der Waals surface area contributed by atoms with Crippen molar-refractivity contribution in [2.45, 2.75) is 50.2 Å². The van der Waals surface area contributed by atoms with Gasteiger partial charge in [0.05, 0.1) is 6.04 Å². The Hall–Kier alpha value is -2.17. The fraction of sp³-hybridized carbons (Fsp3) is 0.409. The van der Waals surface area contributed by atoms with E-state index in [0.717, 1.165) is 31.4 Å². The second-order valence-corrected chi connectivity index (χ2v) is 7.12. The first kappa shape index (κ1) is 18.6. The van der Waals surface area contributed by atoms with E-state index in [2.05, 4.69) is 41.0 Å². The van der Waals surface area contributed by atoms with Gasteiger partial charge in [-0.1, -0.05) is 67.1 Å². The molecule has 3 atom stereocenters. The number of nitrogens with one attached hydrogen (secondary N) is 2. The van der Waals surface area contributed by atoms with Crippen LogP contribution in [0.2, 0.25) is 0 Å². The van der Waals surface area contributed by atoms with Gasteiger partial charge >= 0.3 is 0 Å². The third kappa shape index (κ3) is 5.68. The van der Waals surface area contributed by atoms with E-state index in [4.69, 9.17) is 5.73 Å². The molecule has 3 rings (SSSR count). The van der Waals surface area contributed by atoms with Crippen LogP contribution < -0.4 is 16.4 Å². The fourth-order valence-electron chi connectivity index (χ4n) is 3.31. The molecule has 1 amide bonds. The van der Waals surface area contributed by atoms with E-state index in [9.17, 15) is 4.79 Å². The summed E-state index contributed by atoms with van der Waals surface area (Å²) in [6.07, 6.45) is 3.98. The zero-order valence-electron chi connectivity index (χ0n) is 15.2. The van der Waals surface area contributed by atoms with Crippen LogP contribution >= 0.6 is 0 Å². The van der Waals surface area contributed by atoms with Crippen molar-refractivity contribution in [1.29, 1.82) is 0 Å². The van der Waals surface area contributed by atoms with Gasteiger partial charge in [0.2, 0.25) is 5.91 Å². The molecule has 3 unspecified atom stereocenters. The topological polar surface area (TPSA) is 67.1 Å². The van der Waals surface area contributed by atoms with E-state index >= 15 is 0 Å². The molecule has 2 aromatic rings. The number of rotatable bonds is 10. The zero-order valence-corrected chi connectivity index (χ0v) is 15.2. The largest absolute Gasteiger partial charge is 0.351 e. The molecular formula is C22H29N3O. The van der Waals surface area contributed by atoms with Gasteiger partial charge in [-0.15, -0.1) is 0 Å². The van der Waals surface area contributed by atoms with Gasteiger partial charge in [0.25, 0.3) is 0 Å². The van der Waals surface area contributed by atoms with Crippen molar-refractivity contribution < 1.29 is 4.79 Å². The van der Waals surface area contributed by atoms with E-state index in [1.165, 1.54) is 12.0 Å². The minimum atomic E-state index is -0.420. The lowest BCUT2D eigenvalue weighted by Gasteiger charge is -2.12. The number of hydrogen-bond donors (Lipinski definition) is 3. The molecule has 0 aromatic heterocycles. The van der Waals surface area contributed by atoms with Crippen LogP contribution in [0.25, 0.3) is 0 Å². The molecule has 0 bridgehead atoms. The monoisotopic (exact) mass is 351 g/mol. The highest BCUT2D eigenvalue weighted by atomic mass is 16.2. The van der Waals surface area contributed by atoms with Crippen molar-refractivity contribution in [3.05, 3.63) is 71.8 Å². The summed E-state index contributed by atoms with van der Waals surface area (Å²) in [5, 5.41) is 6.53. The van der Waals surface area contributed by atoms with Gasteiger partial charge in [-0.3, -0.25) is 4.79 Å². The molecule has 4 nitrogen and oxygen atoms in total. The Morgan fingerprint density at radius 3 is 2.46 bits per heavy atom. The van der Waals surface area contributed by atoms with Gasteiger partial charge in [-0.05, 0) is 36.9 Å². The molecule has 0 saturated heterocycles. The van der Waals surface area contributed by atoms with Crippen LogP contribution in [0.3, 0.4) is 0 Å². The molecule has 1 aliphatic carbocycles. The summed E-state index contributed by atoms with van der Waals surface area (Å²) in [7, 11) is 0. The summed E-state index contributed by atoms with van der Waals surface area (Å²) in [4.78, 5) is 12.0. The summed E-state index contributed by atoms with van der Waals surface area (Å²) < 4.78 is 0. The molecule has 0 heterocycles. The Bertz CT molecular complexity index is 674. The van der Waals surface area contributed by atoms with E-state index in [-0.39, 0.29) is 5.91 Å². The Kier molecular flexibility index (Phi) is 6.81. The van der Waals surface area contributed by atoms with E-state index in [1.807, 2.05) is 30.3 Å². The highest BCUT2D eigenvalue weighted by molar-refractivity contribution is 5.81. The molecule has 0 radical (unpaired) electrons. The number of carbonyl (C=O) groups is 1. The quantitative estimate of drug-likeness (QED) is 0.577. The normalized spacial score (nSPS) is 19.7.